The van der Waals surface area contributed by atoms with E-state index in [4.69, 9.17) is 4.74 Å². The molecule has 0 aliphatic carbocycles. The first-order valence-electron chi connectivity index (χ1n) is 8.53. The molecule has 0 aromatic heterocycles. The number of anilines is 2. The zero-order chi connectivity index (χ0) is 19.8. The first kappa shape index (κ1) is 20.0. The Morgan fingerprint density at radius 1 is 0.963 bits per heavy atom. The Bertz CT molecular complexity index is 791. The molecule has 0 heterocycles. The maximum absolute atomic E-state index is 12.3. The third-order valence-electron chi connectivity index (χ3n) is 3.83. The van der Waals surface area contributed by atoms with Crippen molar-refractivity contribution in [1.29, 1.82) is 0 Å². The van der Waals surface area contributed by atoms with E-state index in [0.717, 1.165) is 0 Å². The molecule has 0 atom stereocenters. The van der Waals surface area contributed by atoms with Crippen molar-refractivity contribution in [3.63, 3.8) is 0 Å². The van der Waals surface area contributed by atoms with E-state index in [1.54, 1.807) is 69.6 Å². The van der Waals surface area contributed by atoms with Crippen molar-refractivity contribution in [2.24, 2.45) is 0 Å². The number of carbonyl (C=O) groups is 3. The fraction of sp³-hybridized carbons (Fsp3) is 0.250. The van der Waals surface area contributed by atoms with E-state index in [-0.39, 0.29) is 18.4 Å². The summed E-state index contributed by atoms with van der Waals surface area (Å²) in [6.07, 6.45) is -0.449. The van der Waals surface area contributed by atoms with Gasteiger partial charge in [-0.3, -0.25) is 14.5 Å². The van der Waals surface area contributed by atoms with Crippen molar-refractivity contribution in [3.05, 3.63) is 60.2 Å². The molecule has 27 heavy (non-hydrogen) atoms. The Kier molecular flexibility index (Phi) is 6.93. The number of likely N-dealkylation sites (N-methyl/N-ethyl adjacent to an activating group) is 1. The third kappa shape index (κ3) is 5.57. The summed E-state index contributed by atoms with van der Waals surface area (Å²) in [5.74, 6) is -0.537. The average Bonchev–Trinajstić information content (AvgIpc) is 2.68. The van der Waals surface area contributed by atoms with Gasteiger partial charge in [0, 0.05) is 31.0 Å². The zero-order valence-corrected chi connectivity index (χ0v) is 15.6. The Morgan fingerprint density at radius 3 is 2.19 bits per heavy atom. The van der Waals surface area contributed by atoms with Gasteiger partial charge in [-0.25, -0.2) is 4.79 Å². The lowest BCUT2D eigenvalue weighted by atomic mass is 10.2. The minimum Gasteiger partial charge on any atom is -0.449 e. The summed E-state index contributed by atoms with van der Waals surface area (Å²) < 4.78 is 4.94. The molecule has 2 aromatic rings. The second-order valence-electron chi connectivity index (χ2n) is 5.88. The zero-order valence-electron chi connectivity index (χ0n) is 15.6. The van der Waals surface area contributed by atoms with E-state index < -0.39 is 6.09 Å². The quantitative estimate of drug-likeness (QED) is 0.849. The van der Waals surface area contributed by atoms with Crippen molar-refractivity contribution < 1.29 is 19.1 Å². The summed E-state index contributed by atoms with van der Waals surface area (Å²) in [5.41, 5.74) is 1.74. The molecule has 7 nitrogen and oxygen atoms in total. The number of benzene rings is 2. The van der Waals surface area contributed by atoms with Crippen LogP contribution in [0.4, 0.5) is 16.2 Å². The number of hydrogen-bond acceptors (Lipinski definition) is 4. The molecule has 0 radical (unpaired) electrons. The standard InChI is InChI=1S/C20H23N3O4/c1-4-27-20(26)23(3)17-12-10-16(11-13-17)21-18(24)14-22(2)19(25)15-8-6-5-7-9-15/h5-13H,4,14H2,1-3H3,(H,21,24). The largest absolute Gasteiger partial charge is 0.449 e. The fourth-order valence-corrected chi connectivity index (χ4v) is 2.38. The second kappa shape index (κ2) is 9.38. The number of hydrogen-bond donors (Lipinski definition) is 1. The Hall–Kier alpha value is -3.35. The Morgan fingerprint density at radius 2 is 1.59 bits per heavy atom. The van der Waals surface area contributed by atoms with E-state index in [2.05, 4.69) is 5.32 Å². The minimum atomic E-state index is -0.449. The van der Waals surface area contributed by atoms with E-state index in [1.165, 1.54) is 9.80 Å². The van der Waals surface area contributed by atoms with Crippen LogP contribution < -0.4 is 10.2 Å². The predicted molar refractivity (Wildman–Crippen MR) is 104 cm³/mol. The summed E-state index contributed by atoms with van der Waals surface area (Å²) in [4.78, 5) is 38.9. The van der Waals surface area contributed by atoms with Crippen LogP contribution in [0, 0.1) is 0 Å². The van der Waals surface area contributed by atoms with Crippen LogP contribution in [0.2, 0.25) is 0 Å². The summed E-state index contributed by atoms with van der Waals surface area (Å²) in [6.45, 7) is 1.97. The SMILES string of the molecule is CCOC(=O)N(C)c1ccc(NC(=O)CN(C)C(=O)c2ccccc2)cc1. The number of ether oxygens (including phenoxy) is 1. The predicted octanol–water partition coefficient (Wildman–Crippen LogP) is 2.99. The van der Waals surface area contributed by atoms with Gasteiger partial charge in [0.1, 0.15) is 0 Å². The van der Waals surface area contributed by atoms with Gasteiger partial charge in [-0.15, -0.1) is 0 Å². The van der Waals surface area contributed by atoms with Gasteiger partial charge in [-0.2, -0.15) is 0 Å². The van der Waals surface area contributed by atoms with E-state index in [0.29, 0.717) is 23.5 Å². The van der Waals surface area contributed by atoms with Gasteiger partial charge < -0.3 is 15.0 Å². The van der Waals surface area contributed by atoms with Gasteiger partial charge in [-0.05, 0) is 43.3 Å². The number of amides is 3. The first-order valence-corrected chi connectivity index (χ1v) is 8.53. The van der Waals surface area contributed by atoms with Crippen LogP contribution in [0.5, 0.6) is 0 Å². The van der Waals surface area contributed by atoms with Crippen LogP contribution in [0.1, 0.15) is 17.3 Å². The summed E-state index contributed by atoms with van der Waals surface area (Å²) in [7, 11) is 3.18. The van der Waals surface area contributed by atoms with Crippen molar-refractivity contribution in [2.75, 3.05) is 37.5 Å². The van der Waals surface area contributed by atoms with Crippen molar-refractivity contribution in [3.8, 4) is 0 Å². The third-order valence-corrected chi connectivity index (χ3v) is 3.83. The van der Waals surface area contributed by atoms with Gasteiger partial charge in [-0.1, -0.05) is 18.2 Å². The average molecular weight is 369 g/mol. The van der Waals surface area contributed by atoms with Crippen molar-refractivity contribution in [1.82, 2.24) is 4.90 Å². The molecule has 0 spiro atoms. The van der Waals surface area contributed by atoms with Crippen LogP contribution in [-0.2, 0) is 9.53 Å². The van der Waals surface area contributed by atoms with Gasteiger partial charge in [0.25, 0.3) is 5.91 Å². The van der Waals surface area contributed by atoms with Gasteiger partial charge >= 0.3 is 6.09 Å². The normalized spacial score (nSPS) is 10.0. The van der Waals surface area contributed by atoms with Gasteiger partial charge in [0.2, 0.25) is 5.91 Å². The van der Waals surface area contributed by atoms with E-state index in [1.807, 2.05) is 6.07 Å². The van der Waals surface area contributed by atoms with Crippen molar-refractivity contribution >= 4 is 29.3 Å². The van der Waals surface area contributed by atoms with Crippen LogP contribution in [0.25, 0.3) is 0 Å². The molecule has 0 bridgehead atoms. The lowest BCUT2D eigenvalue weighted by Gasteiger charge is -2.18. The Balaban J connectivity index is 1.92. The molecule has 142 valence electrons. The molecule has 0 aliphatic heterocycles. The number of nitrogens with one attached hydrogen (secondary N) is 1. The lowest BCUT2D eigenvalue weighted by molar-refractivity contribution is -0.116. The fourth-order valence-electron chi connectivity index (χ4n) is 2.38. The molecule has 7 heteroatoms. The number of rotatable bonds is 6. The highest BCUT2D eigenvalue weighted by atomic mass is 16.6. The molecule has 2 aromatic carbocycles. The highest BCUT2D eigenvalue weighted by Crippen LogP contribution is 2.17. The molecule has 0 unspecified atom stereocenters. The van der Waals surface area contributed by atoms with Crippen LogP contribution in [-0.4, -0.2) is 50.1 Å². The Labute approximate surface area is 158 Å². The summed E-state index contributed by atoms with van der Waals surface area (Å²) >= 11 is 0. The van der Waals surface area contributed by atoms with Gasteiger partial charge in [0.05, 0.1) is 13.2 Å². The van der Waals surface area contributed by atoms with Crippen LogP contribution >= 0.6 is 0 Å². The smallest absolute Gasteiger partial charge is 0.413 e. The molecule has 0 saturated heterocycles. The molecular weight excluding hydrogens is 346 g/mol. The maximum atomic E-state index is 12.3. The molecular formula is C20H23N3O4. The highest BCUT2D eigenvalue weighted by Gasteiger charge is 2.15. The summed E-state index contributed by atoms with van der Waals surface area (Å²) in [5, 5.41) is 2.73. The molecule has 1 N–H and O–H groups in total. The molecule has 3 amide bonds. The molecule has 0 aliphatic rings. The minimum absolute atomic E-state index is 0.0712. The van der Waals surface area contributed by atoms with Crippen LogP contribution in [0.15, 0.2) is 54.6 Å². The summed E-state index contributed by atoms with van der Waals surface area (Å²) in [6, 6.07) is 15.5. The highest BCUT2D eigenvalue weighted by molar-refractivity contribution is 5.99. The van der Waals surface area contributed by atoms with Crippen LogP contribution in [0.3, 0.4) is 0 Å². The van der Waals surface area contributed by atoms with E-state index in [9.17, 15) is 14.4 Å². The topological polar surface area (TPSA) is 79.0 Å². The first-order chi connectivity index (χ1) is 12.9. The maximum Gasteiger partial charge on any atom is 0.413 e. The van der Waals surface area contributed by atoms with Crippen molar-refractivity contribution in [2.45, 2.75) is 6.92 Å². The monoisotopic (exact) mass is 369 g/mol. The molecule has 0 saturated carbocycles. The lowest BCUT2D eigenvalue weighted by Crippen LogP contribution is -2.34. The number of nitrogens with zero attached hydrogens (tertiary/aromatic N) is 2. The molecule has 0 fully saturated rings. The second-order valence-corrected chi connectivity index (χ2v) is 5.88. The molecule has 2 rings (SSSR count). The number of carbonyl (C=O) groups excluding carboxylic acids is 3. The van der Waals surface area contributed by atoms with E-state index >= 15 is 0 Å². The van der Waals surface area contributed by atoms with Gasteiger partial charge in [0.15, 0.2) is 0 Å².